The topological polar surface area (TPSA) is 105 Å². The van der Waals surface area contributed by atoms with Gasteiger partial charge in [-0.3, -0.25) is 5.10 Å². The van der Waals surface area contributed by atoms with Crippen LogP contribution in [0.1, 0.15) is 23.6 Å². The summed E-state index contributed by atoms with van der Waals surface area (Å²) in [6.07, 6.45) is 9.37. The number of benzene rings is 2. The summed E-state index contributed by atoms with van der Waals surface area (Å²) < 4.78 is 4.97. The number of aryl methyl sites for hydroxylation is 1. The molecule has 0 saturated carbocycles. The Bertz CT molecular complexity index is 1350. The molecule has 8 nitrogen and oxygen atoms in total. The number of carbonyl (C=O) groups excluding carboxylic acids is 1. The number of halogens is 1. The van der Waals surface area contributed by atoms with E-state index in [0.717, 1.165) is 39.9 Å². The first-order chi connectivity index (χ1) is 17.5. The lowest BCUT2D eigenvalue weighted by atomic mass is 10.0. The number of H-pyrrole nitrogens is 1. The van der Waals surface area contributed by atoms with E-state index in [2.05, 4.69) is 25.8 Å². The number of carbonyl (C=O) groups is 1. The molecule has 4 aromatic rings. The Kier molecular flexibility index (Phi) is 8.31. The van der Waals surface area contributed by atoms with Crippen LogP contribution >= 0.6 is 11.6 Å². The minimum absolute atomic E-state index is 0.337. The molecular weight excluding hydrogens is 476 g/mol. The molecule has 4 rings (SSSR count). The number of ether oxygens (including phenoxy) is 1. The Morgan fingerprint density at radius 3 is 2.86 bits per heavy atom. The van der Waals surface area contributed by atoms with E-state index in [-0.39, 0.29) is 5.97 Å². The van der Waals surface area contributed by atoms with Crippen LogP contribution < -0.4 is 10.6 Å². The van der Waals surface area contributed by atoms with Crippen molar-refractivity contribution >= 4 is 41.1 Å². The zero-order valence-corrected chi connectivity index (χ0v) is 20.8. The maximum atomic E-state index is 11.7. The number of rotatable bonds is 10. The zero-order valence-electron chi connectivity index (χ0n) is 20.1. The Balaban J connectivity index is 1.61. The molecule has 0 spiro atoms. The van der Waals surface area contributed by atoms with Gasteiger partial charge in [0.05, 0.1) is 12.8 Å². The van der Waals surface area contributed by atoms with E-state index in [4.69, 9.17) is 21.3 Å². The fourth-order valence-corrected chi connectivity index (χ4v) is 3.67. The molecule has 0 unspecified atom stereocenters. The molecule has 36 heavy (non-hydrogen) atoms. The van der Waals surface area contributed by atoms with E-state index in [1.807, 2.05) is 55.6 Å². The first kappa shape index (κ1) is 24.9. The van der Waals surface area contributed by atoms with Gasteiger partial charge in [0.1, 0.15) is 5.82 Å². The predicted molar refractivity (Wildman–Crippen MR) is 143 cm³/mol. The third-order valence-electron chi connectivity index (χ3n) is 5.37. The number of esters is 1. The molecule has 184 valence electrons. The van der Waals surface area contributed by atoms with Crippen molar-refractivity contribution in [2.75, 3.05) is 23.8 Å². The Morgan fingerprint density at radius 2 is 2.08 bits per heavy atom. The van der Waals surface area contributed by atoms with E-state index >= 15 is 0 Å². The second-order valence-corrected chi connectivity index (χ2v) is 8.45. The first-order valence-electron chi connectivity index (χ1n) is 11.6. The molecule has 0 aliphatic heterocycles. The van der Waals surface area contributed by atoms with Crippen LogP contribution in [0.15, 0.2) is 67.1 Å². The normalized spacial score (nSPS) is 11.0. The van der Waals surface area contributed by atoms with Gasteiger partial charge in [-0.05, 0) is 66.8 Å². The van der Waals surface area contributed by atoms with Crippen LogP contribution in [0.3, 0.4) is 0 Å². The standard InChI is InChI=1S/C27H27ClN6O2/c1-3-36-25(35)10-8-19-5-4-6-21(13-19)23-17-30-27(33-22-9-7-18(2)24(28)14-22)34-26(23)29-12-11-20-15-31-32-16-20/h4-10,13-17H,3,11-12H2,1-2H3,(H,31,32)(H2,29,30,33,34). The molecule has 0 radical (unpaired) electrons. The Labute approximate surface area is 214 Å². The molecule has 2 aromatic carbocycles. The highest BCUT2D eigenvalue weighted by Crippen LogP contribution is 2.29. The summed E-state index contributed by atoms with van der Waals surface area (Å²) in [7, 11) is 0. The smallest absolute Gasteiger partial charge is 0.330 e. The number of aromatic amines is 1. The van der Waals surface area contributed by atoms with Crippen LogP contribution in [0.2, 0.25) is 5.02 Å². The minimum Gasteiger partial charge on any atom is -0.463 e. The molecule has 0 amide bonds. The SMILES string of the molecule is CCOC(=O)C=Cc1cccc(-c2cnc(Nc3ccc(C)c(Cl)c3)nc2NCCc2cn[nH]c2)c1. The molecule has 3 N–H and O–H groups in total. The van der Waals surface area contributed by atoms with Gasteiger partial charge in [0.25, 0.3) is 0 Å². The number of anilines is 3. The van der Waals surface area contributed by atoms with Crippen molar-refractivity contribution in [1.29, 1.82) is 0 Å². The van der Waals surface area contributed by atoms with E-state index in [0.29, 0.717) is 29.9 Å². The van der Waals surface area contributed by atoms with E-state index in [1.54, 1.807) is 25.4 Å². The quantitative estimate of drug-likeness (QED) is 0.186. The zero-order chi connectivity index (χ0) is 25.3. The second-order valence-electron chi connectivity index (χ2n) is 8.04. The lowest BCUT2D eigenvalue weighted by molar-refractivity contribution is -0.137. The van der Waals surface area contributed by atoms with Gasteiger partial charge in [0.2, 0.25) is 5.95 Å². The van der Waals surface area contributed by atoms with Crippen molar-refractivity contribution in [3.8, 4) is 11.1 Å². The maximum absolute atomic E-state index is 11.7. The van der Waals surface area contributed by atoms with E-state index in [9.17, 15) is 4.79 Å². The maximum Gasteiger partial charge on any atom is 0.330 e. The summed E-state index contributed by atoms with van der Waals surface area (Å²) in [5.74, 6) is 0.753. The summed E-state index contributed by atoms with van der Waals surface area (Å²) in [5, 5.41) is 14.2. The summed E-state index contributed by atoms with van der Waals surface area (Å²) in [4.78, 5) is 21.0. The van der Waals surface area contributed by atoms with Crippen molar-refractivity contribution in [3.63, 3.8) is 0 Å². The molecule has 9 heteroatoms. The monoisotopic (exact) mass is 502 g/mol. The fraction of sp³-hybridized carbons (Fsp3) is 0.185. The van der Waals surface area contributed by atoms with Crippen LogP contribution in [0.5, 0.6) is 0 Å². The van der Waals surface area contributed by atoms with Crippen LogP contribution in [-0.4, -0.2) is 39.3 Å². The highest BCUT2D eigenvalue weighted by atomic mass is 35.5. The molecule has 0 atom stereocenters. The molecular formula is C27H27ClN6O2. The van der Waals surface area contributed by atoms with Crippen LogP contribution in [0.4, 0.5) is 17.5 Å². The summed E-state index contributed by atoms with van der Waals surface area (Å²) in [6.45, 7) is 4.72. The highest BCUT2D eigenvalue weighted by molar-refractivity contribution is 6.31. The van der Waals surface area contributed by atoms with Crippen LogP contribution in [0, 0.1) is 6.92 Å². The summed E-state index contributed by atoms with van der Waals surface area (Å²) in [5.41, 5.74) is 5.50. The summed E-state index contributed by atoms with van der Waals surface area (Å²) >= 11 is 6.28. The number of nitrogens with zero attached hydrogens (tertiary/aromatic N) is 3. The van der Waals surface area contributed by atoms with E-state index < -0.39 is 0 Å². The molecule has 0 aliphatic carbocycles. The number of hydrogen-bond acceptors (Lipinski definition) is 7. The second kappa shape index (κ2) is 12.0. The lowest BCUT2D eigenvalue weighted by Crippen LogP contribution is -2.09. The van der Waals surface area contributed by atoms with Gasteiger partial charge in [-0.25, -0.2) is 9.78 Å². The average molecular weight is 503 g/mol. The van der Waals surface area contributed by atoms with Gasteiger partial charge in [-0.2, -0.15) is 10.1 Å². The number of aromatic nitrogens is 4. The van der Waals surface area contributed by atoms with Gasteiger partial charge in [-0.1, -0.05) is 35.9 Å². The molecule has 0 bridgehead atoms. The highest BCUT2D eigenvalue weighted by Gasteiger charge is 2.11. The lowest BCUT2D eigenvalue weighted by Gasteiger charge is -2.14. The van der Waals surface area contributed by atoms with Gasteiger partial charge >= 0.3 is 5.97 Å². The molecule has 0 fully saturated rings. The van der Waals surface area contributed by atoms with Crippen LogP contribution in [0.25, 0.3) is 17.2 Å². The van der Waals surface area contributed by atoms with Gasteiger partial charge < -0.3 is 15.4 Å². The van der Waals surface area contributed by atoms with Crippen molar-refractivity contribution < 1.29 is 9.53 Å². The number of nitrogens with one attached hydrogen (secondary N) is 3. The fourth-order valence-electron chi connectivity index (χ4n) is 3.49. The average Bonchev–Trinajstić information content (AvgIpc) is 3.39. The largest absolute Gasteiger partial charge is 0.463 e. The molecule has 0 saturated heterocycles. The Morgan fingerprint density at radius 1 is 1.19 bits per heavy atom. The molecule has 2 heterocycles. The van der Waals surface area contributed by atoms with Gasteiger partial charge in [-0.15, -0.1) is 0 Å². The van der Waals surface area contributed by atoms with Gasteiger partial charge in [0.15, 0.2) is 0 Å². The van der Waals surface area contributed by atoms with E-state index in [1.165, 1.54) is 6.08 Å². The van der Waals surface area contributed by atoms with Crippen LogP contribution in [-0.2, 0) is 16.0 Å². The third kappa shape index (κ3) is 6.70. The third-order valence-corrected chi connectivity index (χ3v) is 5.78. The first-order valence-corrected chi connectivity index (χ1v) is 12.0. The van der Waals surface area contributed by atoms with Crippen molar-refractivity contribution in [2.45, 2.75) is 20.3 Å². The van der Waals surface area contributed by atoms with Crippen molar-refractivity contribution in [1.82, 2.24) is 20.2 Å². The molecule has 0 aliphatic rings. The predicted octanol–water partition coefficient (Wildman–Crippen LogP) is 5.80. The van der Waals surface area contributed by atoms with Crippen molar-refractivity contribution in [3.05, 3.63) is 88.8 Å². The number of hydrogen-bond donors (Lipinski definition) is 3. The van der Waals surface area contributed by atoms with Crippen molar-refractivity contribution in [2.24, 2.45) is 0 Å². The summed E-state index contributed by atoms with van der Waals surface area (Å²) in [6, 6.07) is 13.5. The molecule has 2 aromatic heterocycles. The van der Waals surface area contributed by atoms with Gasteiger partial charge in [0, 0.05) is 41.3 Å². The minimum atomic E-state index is -0.375. The Hall–Kier alpha value is -4.17.